The minimum absolute atomic E-state index is 0.0401. The molecule has 0 bridgehead atoms. The second-order valence-electron chi connectivity index (χ2n) is 9.35. The van der Waals surface area contributed by atoms with Crippen molar-refractivity contribution in [3.8, 4) is 11.1 Å². The normalized spacial score (nSPS) is 17.9. The van der Waals surface area contributed by atoms with Gasteiger partial charge in [0.05, 0.1) is 11.1 Å². The molecule has 0 spiro atoms. The number of aromatic nitrogens is 3. The first-order valence-electron chi connectivity index (χ1n) is 11.3. The maximum absolute atomic E-state index is 13.4. The van der Waals surface area contributed by atoms with Crippen LogP contribution in [0.4, 0.5) is 0 Å². The smallest absolute Gasteiger partial charge is 0.244 e. The van der Waals surface area contributed by atoms with Gasteiger partial charge in [-0.15, -0.1) is 5.10 Å². The summed E-state index contributed by atoms with van der Waals surface area (Å²) in [6.45, 7) is 5.02. The van der Waals surface area contributed by atoms with E-state index >= 15 is 0 Å². The first kappa shape index (κ1) is 22.7. The van der Waals surface area contributed by atoms with Gasteiger partial charge in [0.2, 0.25) is 11.8 Å². The summed E-state index contributed by atoms with van der Waals surface area (Å²) < 4.78 is 1.55. The molecule has 2 heterocycles. The first-order valence-corrected chi connectivity index (χ1v) is 11.3. The third-order valence-corrected chi connectivity index (χ3v) is 6.37. The van der Waals surface area contributed by atoms with Crippen molar-refractivity contribution < 1.29 is 9.59 Å². The van der Waals surface area contributed by atoms with E-state index in [0.29, 0.717) is 25.9 Å². The van der Waals surface area contributed by atoms with Crippen LogP contribution in [0.25, 0.3) is 11.1 Å². The van der Waals surface area contributed by atoms with Crippen LogP contribution in [0, 0.1) is 19.3 Å². The number of hydrogen-bond donors (Lipinski definition) is 0. The Hall–Kier alpha value is -3.48. The lowest BCUT2D eigenvalue weighted by atomic mass is 9.79. The molecule has 7 heteroatoms. The molecule has 0 N–H and O–H groups in total. The van der Waals surface area contributed by atoms with E-state index in [0.717, 1.165) is 22.4 Å². The molecule has 4 rings (SSSR count). The van der Waals surface area contributed by atoms with Gasteiger partial charge in [-0.3, -0.25) is 9.59 Å². The highest BCUT2D eigenvalue weighted by Gasteiger charge is 2.46. The van der Waals surface area contributed by atoms with Crippen LogP contribution < -0.4 is 0 Å². The van der Waals surface area contributed by atoms with Crippen LogP contribution in [-0.4, -0.2) is 63.8 Å². The zero-order valence-electron chi connectivity index (χ0n) is 19.8. The molecule has 7 nitrogen and oxygen atoms in total. The van der Waals surface area contributed by atoms with Crippen LogP contribution in [0.1, 0.15) is 23.2 Å². The van der Waals surface area contributed by atoms with Crippen molar-refractivity contribution in [1.82, 2.24) is 24.8 Å². The van der Waals surface area contributed by atoms with E-state index in [9.17, 15) is 9.59 Å². The fourth-order valence-corrected chi connectivity index (χ4v) is 4.66. The highest BCUT2D eigenvalue weighted by molar-refractivity contribution is 5.85. The van der Waals surface area contributed by atoms with Crippen molar-refractivity contribution >= 4 is 11.8 Å². The molecule has 1 saturated heterocycles. The van der Waals surface area contributed by atoms with Crippen molar-refractivity contribution in [2.45, 2.75) is 33.2 Å². The predicted molar refractivity (Wildman–Crippen MR) is 127 cm³/mol. The SMILES string of the molecule is Cc1ccc(-c2cccc(C[C@]3(C(=O)N(C)C)CCN(C(=O)Cn4cc(C)nn4)C3)c2)cc1. The molecule has 0 radical (unpaired) electrons. The lowest BCUT2D eigenvalue weighted by Gasteiger charge is -2.31. The first-order chi connectivity index (χ1) is 15.8. The van der Waals surface area contributed by atoms with E-state index in [-0.39, 0.29) is 18.4 Å². The van der Waals surface area contributed by atoms with Crippen LogP contribution in [-0.2, 0) is 22.6 Å². The Morgan fingerprint density at radius 3 is 2.48 bits per heavy atom. The third kappa shape index (κ3) is 4.97. The van der Waals surface area contributed by atoms with Gasteiger partial charge in [-0.25, -0.2) is 4.68 Å². The summed E-state index contributed by atoms with van der Waals surface area (Å²) in [5, 5.41) is 7.93. The van der Waals surface area contributed by atoms with E-state index in [2.05, 4.69) is 59.7 Å². The predicted octanol–water partition coefficient (Wildman–Crippen LogP) is 3.11. The maximum atomic E-state index is 13.4. The summed E-state index contributed by atoms with van der Waals surface area (Å²) in [5.74, 6) is 0.0249. The van der Waals surface area contributed by atoms with Crippen molar-refractivity contribution in [2.75, 3.05) is 27.2 Å². The number of nitrogens with zero attached hydrogens (tertiary/aromatic N) is 5. The molecule has 2 amide bonds. The summed E-state index contributed by atoms with van der Waals surface area (Å²) in [7, 11) is 3.57. The Balaban J connectivity index is 1.56. The van der Waals surface area contributed by atoms with E-state index in [1.165, 1.54) is 5.56 Å². The van der Waals surface area contributed by atoms with Gasteiger partial charge in [0.25, 0.3) is 0 Å². The number of benzene rings is 2. The molecule has 0 saturated carbocycles. The summed E-state index contributed by atoms with van der Waals surface area (Å²) in [4.78, 5) is 29.7. The van der Waals surface area contributed by atoms with Gasteiger partial charge in [0.1, 0.15) is 6.54 Å². The third-order valence-electron chi connectivity index (χ3n) is 6.37. The van der Waals surface area contributed by atoms with Crippen molar-refractivity contribution in [2.24, 2.45) is 5.41 Å². The summed E-state index contributed by atoms with van der Waals surface area (Å²) in [6, 6.07) is 16.8. The molecule has 0 aliphatic carbocycles. The minimum atomic E-state index is -0.636. The number of amides is 2. The second kappa shape index (κ2) is 9.17. The monoisotopic (exact) mass is 445 g/mol. The molecule has 2 aromatic carbocycles. The van der Waals surface area contributed by atoms with Gasteiger partial charge in [-0.05, 0) is 43.4 Å². The second-order valence-corrected chi connectivity index (χ2v) is 9.35. The van der Waals surface area contributed by atoms with Crippen LogP contribution >= 0.6 is 0 Å². The highest BCUT2D eigenvalue weighted by Crippen LogP contribution is 2.37. The van der Waals surface area contributed by atoms with E-state index in [4.69, 9.17) is 0 Å². The average molecular weight is 446 g/mol. The molecular formula is C26H31N5O2. The number of hydrogen-bond acceptors (Lipinski definition) is 4. The fourth-order valence-electron chi connectivity index (χ4n) is 4.66. The Morgan fingerprint density at radius 2 is 1.82 bits per heavy atom. The zero-order valence-corrected chi connectivity index (χ0v) is 19.8. The van der Waals surface area contributed by atoms with Crippen LogP contribution in [0.3, 0.4) is 0 Å². The van der Waals surface area contributed by atoms with E-state index in [1.807, 2.05) is 13.0 Å². The molecule has 1 aromatic heterocycles. The van der Waals surface area contributed by atoms with Gasteiger partial charge >= 0.3 is 0 Å². The molecule has 1 fully saturated rings. The van der Waals surface area contributed by atoms with Gasteiger partial charge < -0.3 is 9.80 Å². The lowest BCUT2D eigenvalue weighted by molar-refractivity contribution is -0.139. The molecule has 33 heavy (non-hydrogen) atoms. The average Bonchev–Trinajstić information content (AvgIpc) is 3.40. The van der Waals surface area contributed by atoms with E-state index in [1.54, 1.807) is 34.8 Å². The lowest BCUT2D eigenvalue weighted by Crippen LogP contribution is -2.45. The zero-order chi connectivity index (χ0) is 23.6. The number of carbonyl (C=O) groups is 2. The Labute approximate surface area is 195 Å². The van der Waals surface area contributed by atoms with E-state index < -0.39 is 5.41 Å². The van der Waals surface area contributed by atoms with Crippen molar-refractivity contribution in [1.29, 1.82) is 0 Å². The minimum Gasteiger partial charge on any atom is -0.348 e. The van der Waals surface area contributed by atoms with Crippen molar-refractivity contribution in [3.05, 3.63) is 71.5 Å². The molecule has 1 aliphatic rings. The fraction of sp³-hybridized carbons (Fsp3) is 0.385. The summed E-state index contributed by atoms with van der Waals surface area (Å²) in [6.07, 6.45) is 2.99. The molecular weight excluding hydrogens is 414 g/mol. The molecule has 3 aromatic rings. The van der Waals surface area contributed by atoms with Crippen LogP contribution in [0.15, 0.2) is 54.7 Å². The molecule has 172 valence electrons. The van der Waals surface area contributed by atoms with Gasteiger partial charge in [0.15, 0.2) is 0 Å². The summed E-state index contributed by atoms with van der Waals surface area (Å²) >= 11 is 0. The van der Waals surface area contributed by atoms with Gasteiger partial charge in [0, 0.05) is 33.4 Å². The van der Waals surface area contributed by atoms with Crippen molar-refractivity contribution in [3.63, 3.8) is 0 Å². The summed E-state index contributed by atoms with van der Waals surface area (Å²) in [5.41, 5.74) is 4.75. The van der Waals surface area contributed by atoms with Crippen LogP contribution in [0.5, 0.6) is 0 Å². The Kier molecular flexibility index (Phi) is 6.31. The highest BCUT2D eigenvalue weighted by atomic mass is 16.2. The number of aryl methyl sites for hydroxylation is 2. The Morgan fingerprint density at radius 1 is 1.06 bits per heavy atom. The standard InChI is InChI=1S/C26H31N5O2/c1-19-8-10-22(11-9-19)23-7-5-6-21(14-23)15-26(25(33)29(3)4)12-13-30(18-26)24(32)17-31-16-20(2)27-28-31/h5-11,14,16H,12-13,15,17-18H2,1-4H3/t26-/m1/s1. The molecule has 0 unspecified atom stereocenters. The number of likely N-dealkylation sites (tertiary alicyclic amines) is 1. The van der Waals surface area contributed by atoms with Crippen LogP contribution in [0.2, 0.25) is 0 Å². The topological polar surface area (TPSA) is 71.3 Å². The molecule has 1 atom stereocenters. The number of rotatable bonds is 6. The molecule has 1 aliphatic heterocycles. The quantitative estimate of drug-likeness (QED) is 0.585. The maximum Gasteiger partial charge on any atom is 0.244 e. The number of carbonyl (C=O) groups excluding carboxylic acids is 2. The largest absolute Gasteiger partial charge is 0.348 e. The Bertz CT molecular complexity index is 1150. The van der Waals surface area contributed by atoms with Gasteiger partial charge in [-0.1, -0.05) is 59.3 Å². The van der Waals surface area contributed by atoms with Gasteiger partial charge in [-0.2, -0.15) is 0 Å².